The van der Waals surface area contributed by atoms with Gasteiger partial charge >= 0.3 is 18.1 Å². The van der Waals surface area contributed by atoms with Crippen LogP contribution in [-0.2, 0) is 22.3 Å². The number of phenols is 2. The number of esters is 2. The zero-order chi connectivity index (χ0) is 22.1. The molecule has 0 unspecified atom stereocenters. The van der Waals surface area contributed by atoms with Crippen molar-refractivity contribution in [3.8, 4) is 11.5 Å². The first-order chi connectivity index (χ1) is 14.4. The lowest BCUT2D eigenvalue weighted by Crippen LogP contribution is -2.18. The maximum absolute atomic E-state index is 12.2. The van der Waals surface area contributed by atoms with E-state index in [1.165, 1.54) is 12.1 Å². The van der Waals surface area contributed by atoms with Gasteiger partial charge in [0.15, 0.2) is 0 Å². The van der Waals surface area contributed by atoms with Crippen molar-refractivity contribution in [2.45, 2.75) is 52.4 Å². The standard InChI is InChI=1S/C23H26O7/c1-3-5-9-15-11-7-13-17(19(15)24)21(26)29-23(28)30-22(27)18-14-8-12-16(20(18)25)10-6-4-2/h7-8,11-14,24-25H,3-6,9-10H2,1-2H3. The molecule has 0 aliphatic carbocycles. The Labute approximate surface area is 175 Å². The van der Waals surface area contributed by atoms with Gasteiger partial charge in [0.25, 0.3) is 0 Å². The largest absolute Gasteiger partial charge is 0.524 e. The monoisotopic (exact) mass is 414 g/mol. The van der Waals surface area contributed by atoms with Crippen molar-refractivity contribution in [1.82, 2.24) is 0 Å². The van der Waals surface area contributed by atoms with Crippen LogP contribution >= 0.6 is 0 Å². The van der Waals surface area contributed by atoms with E-state index in [0.717, 1.165) is 25.7 Å². The molecule has 0 saturated heterocycles. The van der Waals surface area contributed by atoms with Crippen molar-refractivity contribution in [3.63, 3.8) is 0 Å². The number of benzene rings is 2. The molecule has 0 saturated carbocycles. The molecule has 2 N–H and O–H groups in total. The van der Waals surface area contributed by atoms with Crippen LogP contribution in [-0.4, -0.2) is 28.3 Å². The molecule has 0 aliphatic rings. The van der Waals surface area contributed by atoms with E-state index in [1.54, 1.807) is 24.3 Å². The molecule has 0 fully saturated rings. The molecule has 2 aromatic carbocycles. The number of para-hydroxylation sites is 2. The summed E-state index contributed by atoms with van der Waals surface area (Å²) in [6.07, 6.45) is 3.07. The molecule has 7 heteroatoms. The van der Waals surface area contributed by atoms with Crippen LogP contribution in [0.4, 0.5) is 4.79 Å². The Hall–Kier alpha value is -3.35. The summed E-state index contributed by atoms with van der Waals surface area (Å²) in [5, 5.41) is 20.5. The van der Waals surface area contributed by atoms with E-state index in [9.17, 15) is 24.6 Å². The highest BCUT2D eigenvalue weighted by Crippen LogP contribution is 2.26. The van der Waals surface area contributed by atoms with E-state index in [4.69, 9.17) is 0 Å². The fourth-order valence-electron chi connectivity index (χ4n) is 2.93. The highest BCUT2D eigenvalue weighted by molar-refractivity contribution is 6.02. The van der Waals surface area contributed by atoms with E-state index < -0.39 is 18.1 Å². The normalized spacial score (nSPS) is 10.5. The third-order valence-electron chi connectivity index (χ3n) is 4.63. The average Bonchev–Trinajstić information content (AvgIpc) is 2.72. The number of hydrogen-bond donors (Lipinski definition) is 2. The number of unbranched alkanes of at least 4 members (excludes halogenated alkanes) is 2. The van der Waals surface area contributed by atoms with Gasteiger partial charge in [-0.3, -0.25) is 0 Å². The third kappa shape index (κ3) is 5.83. The van der Waals surface area contributed by atoms with Crippen molar-refractivity contribution in [2.75, 3.05) is 0 Å². The molecule has 0 atom stereocenters. The summed E-state index contributed by atoms with van der Waals surface area (Å²) in [6.45, 7) is 4.00. The highest BCUT2D eigenvalue weighted by atomic mass is 16.8. The van der Waals surface area contributed by atoms with Crippen LogP contribution in [0.1, 0.15) is 71.4 Å². The molecule has 30 heavy (non-hydrogen) atoms. The summed E-state index contributed by atoms with van der Waals surface area (Å²) < 4.78 is 9.08. The SMILES string of the molecule is CCCCc1cccc(C(=O)OC(=O)OC(=O)c2cccc(CCCC)c2O)c1O. The van der Waals surface area contributed by atoms with Gasteiger partial charge in [-0.25, -0.2) is 14.4 Å². The molecule has 0 bridgehead atoms. The minimum Gasteiger partial charge on any atom is -0.507 e. The maximum Gasteiger partial charge on any atom is 0.524 e. The van der Waals surface area contributed by atoms with Gasteiger partial charge in [0.2, 0.25) is 0 Å². The molecule has 160 valence electrons. The minimum atomic E-state index is -1.54. The Morgan fingerprint density at radius 2 is 1.13 bits per heavy atom. The van der Waals surface area contributed by atoms with Crippen molar-refractivity contribution in [2.24, 2.45) is 0 Å². The first kappa shape index (κ1) is 22.9. The van der Waals surface area contributed by atoms with Gasteiger partial charge in [-0.05, 0) is 48.9 Å². The van der Waals surface area contributed by atoms with Crippen LogP contribution in [0.15, 0.2) is 36.4 Å². The van der Waals surface area contributed by atoms with E-state index in [2.05, 4.69) is 9.47 Å². The number of ether oxygens (including phenoxy) is 2. The van der Waals surface area contributed by atoms with Gasteiger partial charge in [-0.1, -0.05) is 51.0 Å². The van der Waals surface area contributed by atoms with E-state index in [0.29, 0.717) is 24.0 Å². The van der Waals surface area contributed by atoms with Crippen molar-refractivity contribution < 1.29 is 34.1 Å². The molecular formula is C23H26O7. The van der Waals surface area contributed by atoms with Crippen LogP contribution in [0, 0.1) is 0 Å². The quantitative estimate of drug-likeness (QED) is 0.466. The molecule has 0 heterocycles. The number of aromatic hydroxyl groups is 2. The second kappa shape index (κ2) is 11.0. The molecule has 0 amide bonds. The lowest BCUT2D eigenvalue weighted by molar-refractivity contribution is 0.0335. The lowest BCUT2D eigenvalue weighted by Gasteiger charge is -2.10. The molecule has 0 aliphatic heterocycles. The predicted octanol–water partition coefficient (Wildman–Crippen LogP) is 4.92. The Kier molecular flexibility index (Phi) is 8.41. The number of phenolic OH excluding ortho intramolecular Hbond substituents is 2. The van der Waals surface area contributed by atoms with Crippen LogP contribution in [0.2, 0.25) is 0 Å². The summed E-state index contributed by atoms with van der Waals surface area (Å²) in [5.74, 6) is -2.80. The molecule has 0 aromatic heterocycles. The lowest BCUT2D eigenvalue weighted by atomic mass is 10.0. The van der Waals surface area contributed by atoms with Crippen LogP contribution in [0.3, 0.4) is 0 Å². The molecule has 0 spiro atoms. The Balaban J connectivity index is 2.06. The first-order valence-corrected chi connectivity index (χ1v) is 9.99. The van der Waals surface area contributed by atoms with Crippen LogP contribution in [0.25, 0.3) is 0 Å². The summed E-state index contributed by atoms with van der Waals surface area (Å²) in [6, 6.07) is 9.11. The Bertz CT molecular complexity index is 844. The number of carbonyl (C=O) groups is 3. The van der Waals surface area contributed by atoms with Crippen molar-refractivity contribution >= 4 is 18.1 Å². The number of carbonyl (C=O) groups excluding carboxylic acids is 3. The molecule has 2 rings (SSSR count). The van der Waals surface area contributed by atoms with Crippen molar-refractivity contribution in [3.05, 3.63) is 58.7 Å². The Morgan fingerprint density at radius 3 is 1.50 bits per heavy atom. The molecule has 2 aromatic rings. The minimum absolute atomic E-state index is 0.197. The van der Waals surface area contributed by atoms with Gasteiger partial charge in [-0.2, -0.15) is 0 Å². The van der Waals surface area contributed by atoms with E-state index in [-0.39, 0.29) is 22.6 Å². The smallest absolute Gasteiger partial charge is 0.507 e. The topological polar surface area (TPSA) is 110 Å². The van der Waals surface area contributed by atoms with E-state index >= 15 is 0 Å². The second-order valence-corrected chi connectivity index (χ2v) is 6.86. The number of rotatable bonds is 8. The molecule has 0 radical (unpaired) electrons. The molecule has 7 nitrogen and oxygen atoms in total. The van der Waals surface area contributed by atoms with Crippen LogP contribution in [0.5, 0.6) is 11.5 Å². The Morgan fingerprint density at radius 1 is 0.733 bits per heavy atom. The molecular weight excluding hydrogens is 388 g/mol. The average molecular weight is 414 g/mol. The summed E-state index contributed by atoms with van der Waals surface area (Å²) in [7, 11) is 0. The van der Waals surface area contributed by atoms with Gasteiger partial charge in [-0.15, -0.1) is 0 Å². The van der Waals surface area contributed by atoms with Gasteiger partial charge in [0.05, 0.1) is 0 Å². The number of aryl methyl sites for hydroxylation is 2. The third-order valence-corrected chi connectivity index (χ3v) is 4.63. The van der Waals surface area contributed by atoms with Crippen molar-refractivity contribution in [1.29, 1.82) is 0 Å². The van der Waals surface area contributed by atoms with Gasteiger partial charge in [0, 0.05) is 0 Å². The predicted molar refractivity (Wildman–Crippen MR) is 110 cm³/mol. The number of hydrogen-bond acceptors (Lipinski definition) is 7. The zero-order valence-corrected chi connectivity index (χ0v) is 17.1. The highest BCUT2D eigenvalue weighted by Gasteiger charge is 2.24. The second-order valence-electron chi connectivity index (χ2n) is 6.86. The summed E-state index contributed by atoms with van der Waals surface area (Å²) in [4.78, 5) is 36.3. The zero-order valence-electron chi connectivity index (χ0n) is 17.1. The summed E-state index contributed by atoms with van der Waals surface area (Å²) >= 11 is 0. The van der Waals surface area contributed by atoms with Gasteiger partial charge in [0.1, 0.15) is 22.6 Å². The summed E-state index contributed by atoms with van der Waals surface area (Å²) in [5.41, 5.74) is 0.726. The first-order valence-electron chi connectivity index (χ1n) is 9.99. The van der Waals surface area contributed by atoms with Gasteiger partial charge < -0.3 is 19.7 Å². The fourth-order valence-corrected chi connectivity index (χ4v) is 2.93. The van der Waals surface area contributed by atoms with E-state index in [1.807, 2.05) is 13.8 Å². The van der Waals surface area contributed by atoms with Crippen LogP contribution < -0.4 is 0 Å². The fraction of sp³-hybridized carbons (Fsp3) is 0.348. The maximum atomic E-state index is 12.2.